The Kier molecular flexibility index (Phi) is 7.81. The molecule has 43 heavy (non-hydrogen) atoms. The molecule has 0 spiro atoms. The first-order valence-corrected chi connectivity index (χ1v) is 14.6. The van der Waals surface area contributed by atoms with E-state index in [1.54, 1.807) is 53.7 Å². The molecule has 1 aliphatic carbocycles. The minimum atomic E-state index is -0.383. The minimum absolute atomic E-state index is 0.0552. The number of para-hydroxylation sites is 2. The lowest BCUT2D eigenvalue weighted by molar-refractivity contribution is 0.0918. The van der Waals surface area contributed by atoms with Crippen LogP contribution in [-0.4, -0.2) is 46.7 Å². The first kappa shape index (κ1) is 28.4. The van der Waals surface area contributed by atoms with Gasteiger partial charge in [-0.3, -0.25) is 28.4 Å². The second-order valence-corrected chi connectivity index (χ2v) is 11.4. The summed E-state index contributed by atoms with van der Waals surface area (Å²) in [4.78, 5) is 47.8. The molecule has 2 N–H and O–H groups in total. The predicted molar refractivity (Wildman–Crippen MR) is 164 cm³/mol. The number of hydrogen-bond acceptors (Lipinski definition) is 6. The van der Waals surface area contributed by atoms with Crippen LogP contribution in [0.2, 0.25) is 5.02 Å². The molecule has 0 bridgehead atoms. The highest BCUT2D eigenvalue weighted by molar-refractivity contribution is 6.30. The lowest BCUT2D eigenvalue weighted by atomic mass is 9.85. The largest absolute Gasteiger partial charge is 0.349 e. The van der Waals surface area contributed by atoms with Crippen molar-refractivity contribution in [3.8, 4) is 5.69 Å². The molecule has 4 heterocycles. The zero-order valence-corrected chi connectivity index (χ0v) is 24.6. The highest BCUT2D eigenvalue weighted by atomic mass is 35.5. The van der Waals surface area contributed by atoms with Crippen molar-refractivity contribution in [2.24, 2.45) is 13.0 Å². The van der Waals surface area contributed by atoms with Crippen LogP contribution >= 0.6 is 11.6 Å². The number of rotatable bonds is 7. The fourth-order valence-corrected chi connectivity index (χ4v) is 5.86. The van der Waals surface area contributed by atoms with Crippen LogP contribution in [0.1, 0.15) is 52.2 Å². The molecule has 0 unspecified atom stereocenters. The van der Waals surface area contributed by atoms with Crippen LogP contribution in [-0.2, 0) is 13.6 Å². The number of imidazole rings is 1. The number of anilines is 1. The number of halogens is 1. The topological polar surface area (TPSA) is 129 Å². The standard InChI is InChI=1S/C31H31ClN8O3/c1-19-24(15-21(32)16-33-19)29(41)35-22-9-7-20(8-10-22)18-39-26-5-3-4-6-27(26)40(31(39)43)23-11-12-25(34-17-23)30(42)36-28-13-14-38(2)37-28/h3-6,11-17,20,22H,7-10,18H2,1-2H3,(H,35,41)(H,36,37,42). The van der Waals surface area contributed by atoms with Crippen LogP contribution in [0.5, 0.6) is 0 Å². The van der Waals surface area contributed by atoms with Gasteiger partial charge in [0.2, 0.25) is 0 Å². The Hall–Kier alpha value is -4.77. The summed E-state index contributed by atoms with van der Waals surface area (Å²) in [5.74, 6) is 0.174. The van der Waals surface area contributed by atoms with Gasteiger partial charge in [0.25, 0.3) is 11.8 Å². The lowest BCUT2D eigenvalue weighted by Gasteiger charge is -2.29. The molecular formula is C31H31ClN8O3. The Morgan fingerprint density at radius 1 is 0.977 bits per heavy atom. The molecule has 1 aliphatic rings. The molecule has 2 amide bonds. The Labute approximate surface area is 252 Å². The monoisotopic (exact) mass is 598 g/mol. The first-order chi connectivity index (χ1) is 20.8. The number of nitrogens with zero attached hydrogens (tertiary/aromatic N) is 6. The summed E-state index contributed by atoms with van der Waals surface area (Å²) < 4.78 is 5.05. The Balaban J connectivity index is 1.15. The zero-order chi connectivity index (χ0) is 30.1. The van der Waals surface area contributed by atoms with Gasteiger partial charge in [-0.25, -0.2) is 9.78 Å². The zero-order valence-electron chi connectivity index (χ0n) is 23.8. The van der Waals surface area contributed by atoms with Crippen LogP contribution in [0.4, 0.5) is 5.82 Å². The fraction of sp³-hybridized carbons (Fsp3) is 0.290. The molecule has 12 heteroatoms. The molecule has 0 aliphatic heterocycles. The van der Waals surface area contributed by atoms with E-state index in [1.807, 2.05) is 28.8 Å². The molecule has 4 aromatic heterocycles. The number of carbonyl (C=O) groups excluding carboxylic acids is 2. The predicted octanol–water partition coefficient (Wildman–Crippen LogP) is 4.52. The van der Waals surface area contributed by atoms with Gasteiger partial charge in [-0.2, -0.15) is 5.10 Å². The van der Waals surface area contributed by atoms with Crippen molar-refractivity contribution >= 4 is 40.3 Å². The Bertz CT molecular complexity index is 1870. The lowest BCUT2D eigenvalue weighted by Crippen LogP contribution is -2.39. The van der Waals surface area contributed by atoms with Gasteiger partial charge < -0.3 is 10.6 Å². The van der Waals surface area contributed by atoms with Crippen LogP contribution in [0.25, 0.3) is 16.7 Å². The fourth-order valence-electron chi connectivity index (χ4n) is 5.70. The molecule has 5 aromatic rings. The number of pyridine rings is 2. The van der Waals surface area contributed by atoms with E-state index in [1.165, 1.54) is 12.4 Å². The molecule has 1 aromatic carbocycles. The summed E-state index contributed by atoms with van der Waals surface area (Å²) in [5.41, 5.74) is 3.38. The average Bonchev–Trinajstić information content (AvgIpc) is 3.54. The van der Waals surface area contributed by atoms with E-state index in [-0.39, 0.29) is 35.2 Å². The highest BCUT2D eigenvalue weighted by Gasteiger charge is 2.26. The molecule has 11 nitrogen and oxygen atoms in total. The molecule has 220 valence electrons. The summed E-state index contributed by atoms with van der Waals surface area (Å²) in [7, 11) is 1.77. The van der Waals surface area contributed by atoms with Crippen molar-refractivity contribution in [2.45, 2.75) is 45.2 Å². The quantitative estimate of drug-likeness (QED) is 0.283. The number of nitrogens with one attached hydrogen (secondary N) is 2. The second kappa shape index (κ2) is 11.8. The van der Waals surface area contributed by atoms with Crippen LogP contribution in [0.3, 0.4) is 0 Å². The molecular weight excluding hydrogens is 568 g/mol. The van der Waals surface area contributed by atoms with E-state index in [4.69, 9.17) is 11.6 Å². The van der Waals surface area contributed by atoms with E-state index >= 15 is 0 Å². The van der Waals surface area contributed by atoms with Crippen LogP contribution < -0.4 is 16.3 Å². The number of aromatic nitrogens is 6. The summed E-state index contributed by atoms with van der Waals surface area (Å²) >= 11 is 6.05. The molecule has 0 radical (unpaired) electrons. The van der Waals surface area contributed by atoms with E-state index < -0.39 is 0 Å². The van der Waals surface area contributed by atoms with Gasteiger partial charge in [-0.05, 0) is 68.9 Å². The normalized spacial score (nSPS) is 16.7. The van der Waals surface area contributed by atoms with Gasteiger partial charge >= 0.3 is 5.69 Å². The molecule has 6 rings (SSSR count). The van der Waals surface area contributed by atoms with E-state index in [0.29, 0.717) is 34.3 Å². The number of aryl methyl sites for hydroxylation is 2. The number of benzene rings is 1. The van der Waals surface area contributed by atoms with Gasteiger partial charge in [-0.15, -0.1) is 0 Å². The van der Waals surface area contributed by atoms with E-state index in [2.05, 4.69) is 25.7 Å². The van der Waals surface area contributed by atoms with Crippen molar-refractivity contribution in [1.82, 2.24) is 34.2 Å². The third-order valence-corrected chi connectivity index (χ3v) is 8.16. The van der Waals surface area contributed by atoms with Gasteiger partial charge in [0.15, 0.2) is 5.82 Å². The molecule has 1 saturated carbocycles. The SMILES string of the molecule is Cc1ncc(Cl)cc1C(=O)NC1CCC(Cn2c(=O)n(-c3ccc(C(=O)Nc4ccn(C)n4)nc3)c3ccccc32)CC1. The number of amides is 2. The highest BCUT2D eigenvalue weighted by Crippen LogP contribution is 2.28. The van der Waals surface area contributed by atoms with Gasteiger partial charge in [0, 0.05) is 38.1 Å². The van der Waals surface area contributed by atoms with Crippen molar-refractivity contribution in [3.63, 3.8) is 0 Å². The number of fused-ring (bicyclic) bond motifs is 1. The average molecular weight is 599 g/mol. The van der Waals surface area contributed by atoms with Crippen molar-refractivity contribution < 1.29 is 9.59 Å². The molecule has 0 atom stereocenters. The molecule has 0 saturated heterocycles. The van der Waals surface area contributed by atoms with Gasteiger partial charge in [-0.1, -0.05) is 23.7 Å². The number of carbonyl (C=O) groups is 2. The van der Waals surface area contributed by atoms with Crippen LogP contribution in [0.15, 0.2) is 71.9 Å². The maximum Gasteiger partial charge on any atom is 0.333 e. The van der Waals surface area contributed by atoms with E-state index in [9.17, 15) is 14.4 Å². The number of hydrogen-bond donors (Lipinski definition) is 2. The summed E-state index contributed by atoms with van der Waals surface area (Å²) in [6.45, 7) is 2.36. The van der Waals surface area contributed by atoms with Crippen molar-refractivity contribution in [1.29, 1.82) is 0 Å². The maximum atomic E-state index is 13.8. The van der Waals surface area contributed by atoms with Gasteiger partial charge in [0.05, 0.1) is 39.2 Å². The van der Waals surface area contributed by atoms with Gasteiger partial charge in [0.1, 0.15) is 5.69 Å². The van der Waals surface area contributed by atoms with Crippen molar-refractivity contribution in [3.05, 3.63) is 99.6 Å². The Morgan fingerprint density at radius 2 is 1.74 bits per heavy atom. The maximum absolute atomic E-state index is 13.8. The first-order valence-electron chi connectivity index (χ1n) is 14.2. The second-order valence-electron chi connectivity index (χ2n) is 10.9. The van der Waals surface area contributed by atoms with Crippen LogP contribution in [0, 0.1) is 12.8 Å². The smallest absolute Gasteiger partial charge is 0.333 e. The summed E-state index contributed by atoms with van der Waals surface area (Å²) in [5, 5.41) is 10.4. The summed E-state index contributed by atoms with van der Waals surface area (Å²) in [6, 6.07) is 14.4. The molecule has 1 fully saturated rings. The third-order valence-electron chi connectivity index (χ3n) is 7.95. The summed E-state index contributed by atoms with van der Waals surface area (Å²) in [6.07, 6.45) is 8.21. The minimum Gasteiger partial charge on any atom is -0.349 e. The Morgan fingerprint density at radius 3 is 2.44 bits per heavy atom. The van der Waals surface area contributed by atoms with Crippen molar-refractivity contribution in [2.75, 3.05) is 5.32 Å². The third kappa shape index (κ3) is 5.94. The van der Waals surface area contributed by atoms with E-state index in [0.717, 1.165) is 36.7 Å².